The lowest BCUT2D eigenvalue weighted by Gasteiger charge is -2.32. The molecule has 1 aliphatic heterocycles. The molecule has 118 valence electrons. The van der Waals surface area contributed by atoms with Crippen molar-refractivity contribution in [3.05, 3.63) is 63.1 Å². The van der Waals surface area contributed by atoms with E-state index in [1.807, 2.05) is 6.07 Å². The molecule has 4 rings (SSSR count). The van der Waals surface area contributed by atoms with Gasteiger partial charge in [0.15, 0.2) is 0 Å². The summed E-state index contributed by atoms with van der Waals surface area (Å²) in [6, 6.07) is 10.4. The third kappa shape index (κ3) is 2.14. The maximum absolute atomic E-state index is 11.8. The van der Waals surface area contributed by atoms with Crippen LogP contribution in [0.2, 0.25) is 0 Å². The lowest BCUT2D eigenvalue weighted by atomic mass is 9.93. The molecule has 1 atom stereocenters. The van der Waals surface area contributed by atoms with Crippen molar-refractivity contribution in [2.45, 2.75) is 25.9 Å². The Morgan fingerprint density at radius 2 is 2.04 bits per heavy atom. The van der Waals surface area contributed by atoms with Crippen molar-refractivity contribution < 1.29 is 5.11 Å². The van der Waals surface area contributed by atoms with Gasteiger partial charge in [-0.1, -0.05) is 24.3 Å². The Morgan fingerprint density at radius 1 is 1.30 bits per heavy atom. The third-order valence-corrected chi connectivity index (χ3v) is 4.67. The first-order valence-corrected chi connectivity index (χ1v) is 7.63. The van der Waals surface area contributed by atoms with Gasteiger partial charge in [0, 0.05) is 12.6 Å². The van der Waals surface area contributed by atoms with Gasteiger partial charge in [-0.2, -0.15) is 9.61 Å². The van der Waals surface area contributed by atoms with Crippen LogP contribution in [0.15, 0.2) is 35.1 Å². The summed E-state index contributed by atoms with van der Waals surface area (Å²) in [5.74, 6) is -0.103. The van der Waals surface area contributed by atoms with E-state index in [1.54, 1.807) is 6.92 Å². The topological polar surface area (TPSA) is 73.6 Å². The molecule has 0 fully saturated rings. The van der Waals surface area contributed by atoms with E-state index in [2.05, 4.69) is 46.3 Å². The molecule has 0 saturated carbocycles. The lowest BCUT2D eigenvalue weighted by molar-refractivity contribution is 0.213. The van der Waals surface area contributed by atoms with Crippen LogP contribution in [0.5, 0.6) is 5.88 Å². The van der Waals surface area contributed by atoms with Crippen LogP contribution in [-0.4, -0.2) is 31.7 Å². The summed E-state index contributed by atoms with van der Waals surface area (Å²) in [4.78, 5) is 16.8. The number of hydrogen-bond donors (Lipinski definition) is 2. The van der Waals surface area contributed by atoms with E-state index in [0.29, 0.717) is 5.65 Å². The lowest BCUT2D eigenvalue weighted by Crippen LogP contribution is -2.31. The molecule has 3 aromatic rings. The molecule has 2 N–H and O–H groups in total. The van der Waals surface area contributed by atoms with Gasteiger partial charge in [0.1, 0.15) is 5.65 Å². The first kappa shape index (κ1) is 14.0. The highest BCUT2D eigenvalue weighted by atomic mass is 16.3. The summed E-state index contributed by atoms with van der Waals surface area (Å²) in [6.45, 7) is 2.44. The van der Waals surface area contributed by atoms with E-state index in [1.165, 1.54) is 15.6 Å². The number of likely N-dealkylation sites (N-methyl/N-ethyl adjacent to an activating group) is 1. The molecule has 0 bridgehead atoms. The molecule has 2 aromatic heterocycles. The van der Waals surface area contributed by atoms with Crippen LogP contribution in [0.4, 0.5) is 0 Å². The van der Waals surface area contributed by atoms with E-state index in [9.17, 15) is 9.90 Å². The van der Waals surface area contributed by atoms with Crippen LogP contribution >= 0.6 is 0 Å². The molecule has 0 saturated heterocycles. The van der Waals surface area contributed by atoms with E-state index in [4.69, 9.17) is 0 Å². The number of rotatable bonds is 1. The molecule has 0 radical (unpaired) electrons. The van der Waals surface area contributed by atoms with Crippen molar-refractivity contribution in [1.29, 1.82) is 0 Å². The summed E-state index contributed by atoms with van der Waals surface area (Å²) in [6.07, 6.45) is 0.862. The highest BCUT2D eigenvalue weighted by Crippen LogP contribution is 2.32. The maximum atomic E-state index is 11.8. The molecule has 6 nitrogen and oxygen atoms in total. The molecule has 0 unspecified atom stereocenters. The van der Waals surface area contributed by atoms with Gasteiger partial charge in [-0.3, -0.25) is 9.69 Å². The van der Waals surface area contributed by atoms with Gasteiger partial charge in [0.25, 0.3) is 5.56 Å². The molecule has 6 heteroatoms. The number of aromatic amines is 1. The van der Waals surface area contributed by atoms with Crippen LogP contribution in [0.3, 0.4) is 0 Å². The standard InChI is InChI=1S/C17H18N4O2/c1-10-16(22)18-15-8-13(19-21(15)17(10)23)14-7-11-5-3-4-6-12(11)9-20(14)2/h3-6,8,14,23H,7,9H2,1-2H3,(H,18,22)/t14-/m0/s1. The minimum Gasteiger partial charge on any atom is -0.493 e. The molecule has 3 heterocycles. The maximum Gasteiger partial charge on any atom is 0.257 e. The molecule has 0 spiro atoms. The largest absolute Gasteiger partial charge is 0.493 e. The van der Waals surface area contributed by atoms with E-state index in [0.717, 1.165) is 18.7 Å². The first-order valence-electron chi connectivity index (χ1n) is 7.63. The summed E-state index contributed by atoms with van der Waals surface area (Å²) >= 11 is 0. The van der Waals surface area contributed by atoms with Gasteiger partial charge >= 0.3 is 0 Å². The van der Waals surface area contributed by atoms with Crippen molar-refractivity contribution in [2.75, 3.05) is 7.05 Å². The van der Waals surface area contributed by atoms with Crippen molar-refractivity contribution >= 4 is 5.65 Å². The van der Waals surface area contributed by atoms with Crippen LogP contribution in [0.25, 0.3) is 5.65 Å². The SMILES string of the molecule is Cc1c(O)n2nc([C@@H]3Cc4ccccc4CN3C)cc2[nH]c1=O. The Kier molecular flexibility index (Phi) is 3.02. The van der Waals surface area contributed by atoms with Gasteiger partial charge in [-0.15, -0.1) is 0 Å². The van der Waals surface area contributed by atoms with Gasteiger partial charge in [-0.25, -0.2) is 0 Å². The van der Waals surface area contributed by atoms with E-state index < -0.39 is 0 Å². The van der Waals surface area contributed by atoms with Gasteiger partial charge in [0.05, 0.1) is 17.3 Å². The summed E-state index contributed by atoms with van der Waals surface area (Å²) in [5.41, 5.74) is 4.00. The zero-order valence-electron chi connectivity index (χ0n) is 13.1. The minimum atomic E-state index is -0.288. The predicted octanol–water partition coefficient (Wildman–Crippen LogP) is 1.77. The monoisotopic (exact) mass is 310 g/mol. The number of H-pyrrole nitrogens is 1. The smallest absolute Gasteiger partial charge is 0.257 e. The molecular weight excluding hydrogens is 292 g/mol. The number of fused-ring (bicyclic) bond motifs is 2. The minimum absolute atomic E-state index is 0.103. The average molecular weight is 310 g/mol. The second-order valence-electron chi connectivity index (χ2n) is 6.17. The van der Waals surface area contributed by atoms with Crippen LogP contribution in [-0.2, 0) is 13.0 Å². The Bertz CT molecular complexity index is 957. The van der Waals surface area contributed by atoms with Gasteiger partial charge in [-0.05, 0) is 31.5 Å². The van der Waals surface area contributed by atoms with Crippen LogP contribution in [0, 0.1) is 6.92 Å². The Hall–Kier alpha value is -2.60. The van der Waals surface area contributed by atoms with Crippen LogP contribution < -0.4 is 5.56 Å². The molecule has 23 heavy (non-hydrogen) atoms. The average Bonchev–Trinajstić information content (AvgIpc) is 2.96. The normalized spacial score (nSPS) is 18.3. The summed E-state index contributed by atoms with van der Waals surface area (Å²) in [5, 5.41) is 14.7. The zero-order chi connectivity index (χ0) is 16.1. The van der Waals surface area contributed by atoms with E-state index >= 15 is 0 Å². The quantitative estimate of drug-likeness (QED) is 0.718. The summed E-state index contributed by atoms with van der Waals surface area (Å²) in [7, 11) is 2.07. The molecule has 0 aliphatic carbocycles. The number of nitrogens with zero attached hydrogens (tertiary/aromatic N) is 3. The first-order chi connectivity index (χ1) is 11.0. The fourth-order valence-corrected chi connectivity index (χ4v) is 3.27. The Labute approximate surface area is 133 Å². The molecule has 1 aromatic carbocycles. The number of aromatic nitrogens is 3. The second-order valence-corrected chi connectivity index (χ2v) is 6.17. The van der Waals surface area contributed by atoms with Crippen molar-refractivity contribution in [1.82, 2.24) is 19.5 Å². The Balaban J connectivity index is 1.81. The van der Waals surface area contributed by atoms with Crippen molar-refractivity contribution in [2.24, 2.45) is 0 Å². The van der Waals surface area contributed by atoms with Crippen molar-refractivity contribution in [3.8, 4) is 5.88 Å². The zero-order valence-corrected chi connectivity index (χ0v) is 13.1. The highest BCUT2D eigenvalue weighted by Gasteiger charge is 2.27. The highest BCUT2D eigenvalue weighted by molar-refractivity contribution is 5.45. The number of nitrogens with one attached hydrogen (secondary N) is 1. The second kappa shape index (κ2) is 4.96. The number of aromatic hydroxyl groups is 1. The fourth-order valence-electron chi connectivity index (χ4n) is 3.27. The number of hydrogen-bond acceptors (Lipinski definition) is 4. The summed E-state index contributed by atoms with van der Waals surface area (Å²) < 4.78 is 1.40. The van der Waals surface area contributed by atoms with Gasteiger partial charge in [0.2, 0.25) is 5.88 Å². The molecule has 1 aliphatic rings. The van der Waals surface area contributed by atoms with Crippen molar-refractivity contribution in [3.63, 3.8) is 0 Å². The van der Waals surface area contributed by atoms with E-state index in [-0.39, 0.29) is 23.0 Å². The molecule has 0 amide bonds. The van der Waals surface area contributed by atoms with Crippen LogP contribution in [0.1, 0.15) is 28.4 Å². The Morgan fingerprint density at radius 3 is 2.83 bits per heavy atom. The molecular formula is C17H18N4O2. The third-order valence-electron chi connectivity index (χ3n) is 4.67. The predicted molar refractivity (Wildman–Crippen MR) is 86.6 cm³/mol. The van der Waals surface area contributed by atoms with Gasteiger partial charge < -0.3 is 10.1 Å². The fraction of sp³-hybridized carbons (Fsp3) is 0.294. The number of benzene rings is 1.